The van der Waals surface area contributed by atoms with Crippen LogP contribution in [0.4, 0.5) is 0 Å². The number of esters is 1. The van der Waals surface area contributed by atoms with Crippen molar-refractivity contribution in [3.63, 3.8) is 0 Å². The number of ether oxygens (including phenoxy) is 3. The molecule has 27 heavy (non-hydrogen) atoms. The van der Waals surface area contributed by atoms with Gasteiger partial charge >= 0.3 is 5.97 Å². The van der Waals surface area contributed by atoms with Crippen LogP contribution in [0.25, 0.3) is 0 Å². The van der Waals surface area contributed by atoms with Crippen molar-refractivity contribution in [2.75, 3.05) is 28.3 Å². The lowest BCUT2D eigenvalue weighted by atomic mass is 10.2. The predicted octanol–water partition coefficient (Wildman–Crippen LogP) is 2.96. The van der Waals surface area contributed by atoms with Gasteiger partial charge < -0.3 is 14.2 Å². The fourth-order valence-electron chi connectivity index (χ4n) is 2.29. The molecule has 146 valence electrons. The molecular weight excluding hydrogens is 394 g/mol. The van der Waals surface area contributed by atoms with Crippen LogP contribution in [0.3, 0.4) is 0 Å². The molecule has 7 nitrogen and oxygen atoms in total. The van der Waals surface area contributed by atoms with Crippen LogP contribution in [-0.4, -0.2) is 47.0 Å². The van der Waals surface area contributed by atoms with Gasteiger partial charge in [0.15, 0.2) is 0 Å². The quantitative estimate of drug-likeness (QED) is 0.649. The number of methoxy groups -OCH3 is 2. The van der Waals surface area contributed by atoms with Crippen LogP contribution < -0.4 is 9.47 Å². The van der Waals surface area contributed by atoms with Crippen LogP contribution in [0.1, 0.15) is 15.9 Å². The minimum Gasteiger partial charge on any atom is -0.496 e. The molecule has 0 spiro atoms. The summed E-state index contributed by atoms with van der Waals surface area (Å²) >= 11 is 5.96. The van der Waals surface area contributed by atoms with Crippen molar-refractivity contribution in [2.45, 2.75) is 11.5 Å². The first-order valence-electron chi connectivity index (χ1n) is 7.80. The third-order valence-corrected chi connectivity index (χ3v) is 5.83. The van der Waals surface area contributed by atoms with Gasteiger partial charge in [-0.3, -0.25) is 0 Å². The molecule has 0 fully saturated rings. The van der Waals surface area contributed by atoms with Crippen molar-refractivity contribution in [2.24, 2.45) is 0 Å². The Labute approximate surface area is 163 Å². The fraction of sp³-hybridized carbons (Fsp3) is 0.278. The van der Waals surface area contributed by atoms with Crippen LogP contribution in [0.15, 0.2) is 41.3 Å². The zero-order valence-electron chi connectivity index (χ0n) is 15.4. The second-order valence-electron chi connectivity index (χ2n) is 5.69. The summed E-state index contributed by atoms with van der Waals surface area (Å²) < 4.78 is 41.5. The first-order valence-corrected chi connectivity index (χ1v) is 9.62. The van der Waals surface area contributed by atoms with E-state index in [-0.39, 0.29) is 22.8 Å². The normalized spacial score (nSPS) is 11.3. The average molecular weight is 414 g/mol. The van der Waals surface area contributed by atoms with E-state index in [9.17, 15) is 13.2 Å². The fourth-order valence-corrected chi connectivity index (χ4v) is 3.56. The molecule has 2 aromatic carbocycles. The number of hydrogen-bond donors (Lipinski definition) is 0. The van der Waals surface area contributed by atoms with E-state index in [4.69, 9.17) is 25.8 Å². The van der Waals surface area contributed by atoms with E-state index >= 15 is 0 Å². The van der Waals surface area contributed by atoms with Gasteiger partial charge in [-0.05, 0) is 36.4 Å². The lowest BCUT2D eigenvalue weighted by molar-refractivity contribution is 0.0470. The van der Waals surface area contributed by atoms with E-state index in [0.29, 0.717) is 16.3 Å². The molecule has 0 aromatic heterocycles. The third kappa shape index (κ3) is 4.71. The zero-order chi connectivity index (χ0) is 20.2. The standard InChI is InChI=1S/C18H20ClNO6S/c1-20(2)27(22,23)17-10-12(5-7-16(17)25-4)18(21)26-11-13-9-14(19)6-8-15(13)24-3/h5-10H,11H2,1-4H3. The second kappa shape index (κ2) is 8.60. The lowest BCUT2D eigenvalue weighted by Gasteiger charge is -2.15. The Bertz CT molecular complexity index is 943. The summed E-state index contributed by atoms with van der Waals surface area (Å²) in [6.45, 7) is -0.0790. The van der Waals surface area contributed by atoms with E-state index in [1.54, 1.807) is 18.2 Å². The summed E-state index contributed by atoms with van der Waals surface area (Å²) in [7, 11) is 1.84. The Morgan fingerprint density at radius 3 is 2.26 bits per heavy atom. The van der Waals surface area contributed by atoms with E-state index in [1.807, 2.05) is 0 Å². The van der Waals surface area contributed by atoms with Gasteiger partial charge in [-0.2, -0.15) is 0 Å². The van der Waals surface area contributed by atoms with Crippen LogP contribution in [-0.2, 0) is 21.4 Å². The maximum Gasteiger partial charge on any atom is 0.338 e. The minimum atomic E-state index is -3.80. The summed E-state index contributed by atoms with van der Waals surface area (Å²) in [5.74, 6) is -0.0237. The Morgan fingerprint density at radius 2 is 1.67 bits per heavy atom. The number of carbonyl (C=O) groups excluding carboxylic acids is 1. The average Bonchev–Trinajstić information content (AvgIpc) is 2.65. The van der Waals surface area contributed by atoms with Crippen LogP contribution in [0.2, 0.25) is 5.02 Å². The molecule has 0 atom stereocenters. The second-order valence-corrected chi connectivity index (χ2v) is 8.24. The molecule has 0 radical (unpaired) electrons. The molecule has 0 bridgehead atoms. The van der Waals surface area contributed by atoms with Gasteiger partial charge in [-0.15, -0.1) is 0 Å². The number of rotatable bonds is 7. The van der Waals surface area contributed by atoms with E-state index in [2.05, 4.69) is 0 Å². The number of sulfonamides is 1. The topological polar surface area (TPSA) is 82.1 Å². The van der Waals surface area contributed by atoms with Crippen LogP contribution >= 0.6 is 11.6 Å². The molecule has 2 rings (SSSR count). The zero-order valence-corrected chi connectivity index (χ0v) is 16.9. The van der Waals surface area contributed by atoms with Gasteiger partial charge in [0.05, 0.1) is 19.8 Å². The highest BCUT2D eigenvalue weighted by molar-refractivity contribution is 7.89. The van der Waals surface area contributed by atoms with Crippen molar-refractivity contribution in [3.8, 4) is 11.5 Å². The van der Waals surface area contributed by atoms with Gasteiger partial charge in [0, 0.05) is 24.7 Å². The van der Waals surface area contributed by atoms with E-state index in [0.717, 1.165) is 4.31 Å². The highest BCUT2D eigenvalue weighted by Crippen LogP contribution is 2.28. The monoisotopic (exact) mass is 413 g/mol. The number of benzene rings is 2. The Kier molecular flexibility index (Phi) is 6.69. The largest absolute Gasteiger partial charge is 0.496 e. The van der Waals surface area contributed by atoms with Crippen molar-refractivity contribution < 1.29 is 27.4 Å². The van der Waals surface area contributed by atoms with Crippen molar-refractivity contribution in [1.29, 1.82) is 0 Å². The minimum absolute atomic E-state index is 0.0790. The molecule has 0 aliphatic carbocycles. The van der Waals surface area contributed by atoms with Crippen molar-refractivity contribution in [1.82, 2.24) is 4.31 Å². The first kappa shape index (κ1) is 21.0. The Balaban J connectivity index is 2.29. The van der Waals surface area contributed by atoms with Gasteiger partial charge in [-0.1, -0.05) is 11.6 Å². The molecule has 0 unspecified atom stereocenters. The maximum absolute atomic E-state index is 12.4. The first-order chi connectivity index (χ1) is 12.7. The Morgan fingerprint density at radius 1 is 1.04 bits per heavy atom. The van der Waals surface area contributed by atoms with Crippen LogP contribution in [0.5, 0.6) is 11.5 Å². The summed E-state index contributed by atoms with van der Waals surface area (Å²) in [5.41, 5.74) is 0.671. The number of hydrogen-bond acceptors (Lipinski definition) is 6. The predicted molar refractivity (Wildman–Crippen MR) is 101 cm³/mol. The van der Waals surface area contributed by atoms with Gasteiger partial charge in [0.25, 0.3) is 0 Å². The van der Waals surface area contributed by atoms with Gasteiger partial charge in [0.1, 0.15) is 23.0 Å². The summed E-state index contributed by atoms with van der Waals surface area (Å²) in [6.07, 6.45) is 0. The molecule has 0 saturated carbocycles. The van der Waals surface area contributed by atoms with Crippen molar-refractivity contribution in [3.05, 3.63) is 52.5 Å². The molecule has 0 amide bonds. The number of halogens is 1. The molecule has 9 heteroatoms. The smallest absolute Gasteiger partial charge is 0.338 e. The molecular formula is C18H20ClNO6S. The lowest BCUT2D eigenvalue weighted by Crippen LogP contribution is -2.23. The maximum atomic E-state index is 12.4. The van der Waals surface area contributed by atoms with Gasteiger partial charge in [-0.25, -0.2) is 17.5 Å². The highest BCUT2D eigenvalue weighted by atomic mass is 35.5. The van der Waals surface area contributed by atoms with E-state index in [1.165, 1.54) is 46.5 Å². The molecule has 2 aromatic rings. The molecule has 0 aliphatic rings. The summed E-state index contributed by atoms with van der Waals surface area (Å²) in [4.78, 5) is 12.3. The van der Waals surface area contributed by atoms with Gasteiger partial charge in [0.2, 0.25) is 10.0 Å². The molecule has 0 aliphatic heterocycles. The highest BCUT2D eigenvalue weighted by Gasteiger charge is 2.24. The number of carbonyl (C=O) groups is 1. The Hall–Kier alpha value is -2.29. The molecule has 0 N–H and O–H groups in total. The van der Waals surface area contributed by atoms with Crippen molar-refractivity contribution >= 4 is 27.6 Å². The third-order valence-electron chi connectivity index (χ3n) is 3.76. The molecule has 0 heterocycles. The molecule has 0 saturated heterocycles. The summed E-state index contributed by atoms with van der Waals surface area (Å²) in [6, 6.07) is 9.03. The van der Waals surface area contributed by atoms with Crippen LogP contribution in [0, 0.1) is 0 Å². The number of nitrogens with zero attached hydrogens (tertiary/aromatic N) is 1. The SMILES string of the molecule is COc1ccc(Cl)cc1COC(=O)c1ccc(OC)c(S(=O)(=O)N(C)C)c1. The van der Waals surface area contributed by atoms with E-state index < -0.39 is 16.0 Å². The summed E-state index contributed by atoms with van der Waals surface area (Å²) in [5, 5.41) is 0.477.